The Bertz CT molecular complexity index is 1210. The fraction of sp³-hybridized carbons (Fsp3) is 0.167. The summed E-state index contributed by atoms with van der Waals surface area (Å²) in [5.41, 5.74) is -0.454. The number of nitrogens with one attached hydrogen (secondary N) is 1. The first-order valence-electron chi connectivity index (χ1n) is 7.81. The Morgan fingerprint density at radius 3 is 2.61 bits per heavy atom. The first-order valence-corrected chi connectivity index (χ1v) is 9.04. The second-order valence-electron chi connectivity index (χ2n) is 5.72. The number of alkyl halides is 3. The van der Waals surface area contributed by atoms with Crippen molar-refractivity contribution in [1.82, 2.24) is 9.55 Å². The number of H-pyrrole nitrogens is 1. The van der Waals surface area contributed by atoms with E-state index in [2.05, 4.69) is 9.72 Å². The van der Waals surface area contributed by atoms with E-state index in [9.17, 15) is 28.0 Å². The number of rotatable bonds is 4. The average molecular weight is 407 g/mol. The second kappa shape index (κ2) is 7.44. The lowest BCUT2D eigenvalue weighted by Gasteiger charge is -2.11. The van der Waals surface area contributed by atoms with Crippen LogP contribution in [0.25, 0.3) is 10.9 Å². The molecular formula is C18H12F3N3O3S. The monoisotopic (exact) mass is 407 g/mol. The molecule has 28 heavy (non-hydrogen) atoms. The number of hydrogen-bond donors (Lipinski definition) is 1. The highest BCUT2D eigenvalue weighted by Gasteiger charge is 2.31. The number of halogens is 3. The van der Waals surface area contributed by atoms with Crippen molar-refractivity contribution < 1.29 is 17.9 Å². The van der Waals surface area contributed by atoms with Crippen molar-refractivity contribution >= 4 is 22.7 Å². The molecule has 0 saturated carbocycles. The smallest absolute Gasteiger partial charge is 0.406 e. The Morgan fingerprint density at radius 2 is 1.96 bits per heavy atom. The summed E-state index contributed by atoms with van der Waals surface area (Å²) >= 11 is 1.38. The molecule has 0 radical (unpaired) electrons. The topological polar surface area (TPSA) is 87.9 Å². The highest BCUT2D eigenvalue weighted by atomic mass is 32.2. The molecule has 0 atom stereocenters. The van der Waals surface area contributed by atoms with Crippen molar-refractivity contribution in [3.8, 4) is 11.8 Å². The Hall–Kier alpha value is -3.19. The maximum atomic E-state index is 12.7. The summed E-state index contributed by atoms with van der Waals surface area (Å²) in [5.74, 6) is -0.563. The number of aromatic nitrogens is 2. The maximum Gasteiger partial charge on any atom is 0.573 e. The summed E-state index contributed by atoms with van der Waals surface area (Å²) in [7, 11) is 0. The van der Waals surface area contributed by atoms with Crippen molar-refractivity contribution in [2.75, 3.05) is 6.26 Å². The molecule has 0 unspecified atom stereocenters. The van der Waals surface area contributed by atoms with Crippen LogP contribution >= 0.6 is 11.8 Å². The Morgan fingerprint density at radius 1 is 1.21 bits per heavy atom. The quantitative estimate of drug-likeness (QED) is 0.671. The first-order chi connectivity index (χ1) is 13.2. The van der Waals surface area contributed by atoms with Gasteiger partial charge in [-0.2, -0.15) is 5.26 Å². The van der Waals surface area contributed by atoms with Gasteiger partial charge in [-0.3, -0.25) is 9.36 Å². The van der Waals surface area contributed by atoms with Gasteiger partial charge in [0.2, 0.25) is 0 Å². The van der Waals surface area contributed by atoms with Crippen LogP contribution in [0.4, 0.5) is 13.2 Å². The van der Waals surface area contributed by atoms with Gasteiger partial charge in [-0.1, -0.05) is 6.07 Å². The zero-order valence-electron chi connectivity index (χ0n) is 14.3. The minimum Gasteiger partial charge on any atom is -0.406 e. The molecule has 144 valence electrons. The molecule has 6 nitrogen and oxygen atoms in total. The Labute approximate surface area is 160 Å². The molecule has 0 amide bonds. The molecular weight excluding hydrogens is 395 g/mol. The minimum absolute atomic E-state index is 0.0937. The average Bonchev–Trinajstić information content (AvgIpc) is 2.64. The van der Waals surface area contributed by atoms with Crippen LogP contribution in [0.5, 0.6) is 5.75 Å². The van der Waals surface area contributed by atoms with Gasteiger partial charge in [0.05, 0.1) is 23.0 Å². The fourth-order valence-electron chi connectivity index (χ4n) is 2.69. The van der Waals surface area contributed by atoms with E-state index >= 15 is 0 Å². The van der Waals surface area contributed by atoms with Crippen LogP contribution in [0, 0.1) is 11.3 Å². The van der Waals surface area contributed by atoms with Crippen molar-refractivity contribution in [2.45, 2.75) is 17.8 Å². The lowest BCUT2D eigenvalue weighted by atomic mass is 10.1. The molecule has 0 aliphatic heterocycles. The maximum absolute atomic E-state index is 12.7. The standard InChI is InChI=1S/C18H12F3N3O3S/c1-28-15-5-2-10(6-11(15)8-22)9-24-16(25)13-7-12(27-18(19,20)21)3-4-14(13)23-17(24)26/h2-7H,9H2,1H3,(H,23,26). The summed E-state index contributed by atoms with van der Waals surface area (Å²) in [6.45, 7) is -0.141. The number of nitriles is 1. The van der Waals surface area contributed by atoms with Crippen LogP contribution in [0.1, 0.15) is 11.1 Å². The zero-order chi connectivity index (χ0) is 20.5. The van der Waals surface area contributed by atoms with Gasteiger partial charge < -0.3 is 9.72 Å². The van der Waals surface area contributed by atoms with Gasteiger partial charge in [0.1, 0.15) is 11.8 Å². The predicted octanol–water partition coefficient (Wildman–Crippen LogP) is 3.23. The number of thioether (sulfide) groups is 1. The lowest BCUT2D eigenvalue weighted by molar-refractivity contribution is -0.274. The Balaban J connectivity index is 2.07. The van der Waals surface area contributed by atoms with E-state index < -0.39 is 23.4 Å². The second-order valence-corrected chi connectivity index (χ2v) is 6.57. The molecule has 0 saturated heterocycles. The minimum atomic E-state index is -4.90. The van der Waals surface area contributed by atoms with Crippen LogP contribution in [0.2, 0.25) is 0 Å². The van der Waals surface area contributed by atoms with E-state index in [1.807, 2.05) is 12.3 Å². The number of hydrogen-bond acceptors (Lipinski definition) is 5. The molecule has 2 aromatic carbocycles. The number of benzene rings is 2. The molecule has 0 aliphatic rings. The third-order valence-electron chi connectivity index (χ3n) is 3.91. The number of fused-ring (bicyclic) bond motifs is 1. The fourth-order valence-corrected chi connectivity index (χ4v) is 3.22. The van der Waals surface area contributed by atoms with E-state index in [1.54, 1.807) is 18.2 Å². The van der Waals surface area contributed by atoms with Gasteiger partial charge in [-0.15, -0.1) is 24.9 Å². The van der Waals surface area contributed by atoms with Gasteiger partial charge in [-0.05, 0) is 42.2 Å². The molecule has 0 aliphatic carbocycles. The van der Waals surface area contributed by atoms with Crippen molar-refractivity contribution in [3.63, 3.8) is 0 Å². The SMILES string of the molecule is CSc1ccc(Cn2c(=O)[nH]c3ccc(OC(F)(F)F)cc3c2=O)cc1C#N. The number of aromatic amines is 1. The van der Waals surface area contributed by atoms with Crippen molar-refractivity contribution in [1.29, 1.82) is 5.26 Å². The lowest BCUT2D eigenvalue weighted by Crippen LogP contribution is -2.35. The van der Waals surface area contributed by atoms with Crippen molar-refractivity contribution in [2.24, 2.45) is 0 Å². The van der Waals surface area contributed by atoms with Crippen LogP contribution in [0.15, 0.2) is 50.9 Å². The van der Waals surface area contributed by atoms with Gasteiger partial charge in [-0.25, -0.2) is 4.79 Å². The summed E-state index contributed by atoms with van der Waals surface area (Å²) in [5, 5.41) is 9.09. The van der Waals surface area contributed by atoms with E-state index in [-0.39, 0.29) is 17.4 Å². The molecule has 0 spiro atoms. The molecule has 3 aromatic rings. The van der Waals surface area contributed by atoms with Gasteiger partial charge in [0.15, 0.2) is 0 Å². The summed E-state index contributed by atoms with van der Waals surface area (Å²) in [6, 6.07) is 10.1. The normalized spacial score (nSPS) is 11.4. The molecule has 10 heteroatoms. The third-order valence-corrected chi connectivity index (χ3v) is 4.71. The number of ether oxygens (including phenoxy) is 1. The van der Waals surface area contributed by atoms with Gasteiger partial charge in [0.25, 0.3) is 5.56 Å². The first kappa shape index (κ1) is 19.6. The predicted molar refractivity (Wildman–Crippen MR) is 97.6 cm³/mol. The van der Waals surface area contributed by atoms with E-state index in [0.29, 0.717) is 11.1 Å². The van der Waals surface area contributed by atoms with Gasteiger partial charge >= 0.3 is 12.1 Å². The summed E-state index contributed by atoms with van der Waals surface area (Å²) < 4.78 is 41.9. The third kappa shape index (κ3) is 4.04. The van der Waals surface area contributed by atoms with Crippen molar-refractivity contribution in [3.05, 3.63) is 68.4 Å². The summed E-state index contributed by atoms with van der Waals surface area (Å²) in [4.78, 5) is 28.2. The molecule has 1 N–H and O–H groups in total. The van der Waals surface area contributed by atoms with E-state index in [4.69, 9.17) is 0 Å². The molecule has 0 bridgehead atoms. The molecule has 0 fully saturated rings. The molecule has 1 aromatic heterocycles. The van der Waals surface area contributed by atoms with Crippen LogP contribution in [0.3, 0.4) is 0 Å². The van der Waals surface area contributed by atoms with Gasteiger partial charge in [0, 0.05) is 4.90 Å². The molecule has 3 rings (SSSR count). The zero-order valence-corrected chi connectivity index (χ0v) is 15.1. The molecule has 1 heterocycles. The largest absolute Gasteiger partial charge is 0.573 e. The van der Waals surface area contributed by atoms with E-state index in [1.165, 1.54) is 17.8 Å². The summed E-state index contributed by atoms with van der Waals surface area (Å²) in [6.07, 6.45) is -3.09. The van der Waals surface area contributed by atoms with Crippen LogP contribution in [-0.4, -0.2) is 22.2 Å². The Kier molecular flexibility index (Phi) is 5.20. The number of nitrogens with zero attached hydrogens (tertiary/aromatic N) is 2. The van der Waals surface area contributed by atoms with Crippen LogP contribution < -0.4 is 16.0 Å². The highest BCUT2D eigenvalue weighted by molar-refractivity contribution is 7.98. The van der Waals surface area contributed by atoms with E-state index in [0.717, 1.165) is 21.6 Å². The highest BCUT2D eigenvalue weighted by Crippen LogP contribution is 2.24. The van der Waals surface area contributed by atoms with Crippen LogP contribution in [-0.2, 0) is 6.54 Å².